The fourth-order valence-electron chi connectivity index (χ4n) is 3.55. The van der Waals surface area contributed by atoms with Crippen molar-refractivity contribution in [3.63, 3.8) is 0 Å². The van der Waals surface area contributed by atoms with Crippen molar-refractivity contribution in [2.24, 2.45) is 11.8 Å². The summed E-state index contributed by atoms with van der Waals surface area (Å²) in [6, 6.07) is 10.3. The van der Waals surface area contributed by atoms with E-state index in [2.05, 4.69) is 32.7 Å². The lowest BCUT2D eigenvalue weighted by Crippen LogP contribution is -2.27. The zero-order valence-electron chi connectivity index (χ0n) is 12.5. The molecule has 22 heavy (non-hydrogen) atoms. The second kappa shape index (κ2) is 6.36. The molecule has 0 amide bonds. The third-order valence-electron chi connectivity index (χ3n) is 4.68. The van der Waals surface area contributed by atoms with Gasteiger partial charge in [0.15, 0.2) is 0 Å². The van der Waals surface area contributed by atoms with E-state index in [1.165, 1.54) is 4.88 Å². The van der Waals surface area contributed by atoms with Gasteiger partial charge in [0.05, 0.1) is 12.7 Å². The number of pyridine rings is 1. The molecular weight excluding hydrogens is 294 g/mol. The number of likely N-dealkylation sites (tertiary alicyclic amines) is 1. The highest BCUT2D eigenvalue weighted by Crippen LogP contribution is 2.34. The topological polar surface area (TPSA) is 37.4 Å². The Morgan fingerprint density at radius 1 is 1.27 bits per heavy atom. The molecule has 0 aromatic carbocycles. The van der Waals surface area contributed by atoms with Crippen LogP contribution >= 0.6 is 11.3 Å². The van der Waals surface area contributed by atoms with Crippen molar-refractivity contribution in [1.82, 2.24) is 9.88 Å². The Bertz CT molecular complexity index is 589. The van der Waals surface area contributed by atoms with Crippen LogP contribution in [0, 0.1) is 11.8 Å². The number of anilines is 1. The van der Waals surface area contributed by atoms with Crippen LogP contribution in [-0.2, 0) is 11.3 Å². The van der Waals surface area contributed by atoms with Crippen molar-refractivity contribution >= 4 is 17.2 Å². The molecule has 2 fully saturated rings. The first kappa shape index (κ1) is 14.2. The summed E-state index contributed by atoms with van der Waals surface area (Å²) in [6.45, 7) is 5.11. The van der Waals surface area contributed by atoms with Gasteiger partial charge in [0.1, 0.15) is 5.82 Å². The van der Waals surface area contributed by atoms with Gasteiger partial charge in [-0.1, -0.05) is 12.1 Å². The van der Waals surface area contributed by atoms with Crippen LogP contribution in [0.25, 0.3) is 0 Å². The van der Waals surface area contributed by atoms with Crippen molar-refractivity contribution in [2.45, 2.75) is 12.6 Å². The third kappa shape index (κ3) is 3.02. The van der Waals surface area contributed by atoms with Crippen LogP contribution in [0.1, 0.15) is 4.88 Å². The first-order valence-corrected chi connectivity index (χ1v) is 8.78. The van der Waals surface area contributed by atoms with E-state index >= 15 is 0 Å². The summed E-state index contributed by atoms with van der Waals surface area (Å²) in [5, 5.41) is 5.61. The van der Waals surface area contributed by atoms with Crippen LogP contribution < -0.4 is 5.32 Å². The zero-order chi connectivity index (χ0) is 14.8. The summed E-state index contributed by atoms with van der Waals surface area (Å²) in [6.07, 6.45) is 2.24. The molecule has 4 nitrogen and oxygen atoms in total. The molecule has 2 aromatic rings. The van der Waals surface area contributed by atoms with E-state index < -0.39 is 0 Å². The summed E-state index contributed by atoms with van der Waals surface area (Å²) < 4.78 is 6.03. The van der Waals surface area contributed by atoms with E-state index in [1.807, 2.05) is 35.7 Å². The molecule has 4 heterocycles. The molecule has 116 valence electrons. The lowest BCUT2D eigenvalue weighted by atomic mass is 9.93. The Morgan fingerprint density at radius 2 is 2.27 bits per heavy atom. The molecule has 2 aliphatic heterocycles. The third-order valence-corrected chi connectivity index (χ3v) is 5.55. The summed E-state index contributed by atoms with van der Waals surface area (Å²) >= 11 is 1.84. The standard InChI is InChI=1S/C17H21N3OS/c1-2-6-18-17(5-1)19-8-13-12-21-16-11-20(10-15(13)16)9-14-4-3-7-22-14/h1-7,13,15-16H,8-12H2,(H,18,19)/t13-,15+,16+/m0/s1. The second-order valence-corrected chi connectivity index (χ2v) is 7.20. The fraction of sp³-hybridized carbons (Fsp3) is 0.471. The smallest absolute Gasteiger partial charge is 0.125 e. The highest BCUT2D eigenvalue weighted by molar-refractivity contribution is 7.09. The molecule has 0 unspecified atom stereocenters. The van der Waals surface area contributed by atoms with Gasteiger partial charge in [-0.05, 0) is 23.6 Å². The lowest BCUT2D eigenvalue weighted by molar-refractivity contribution is 0.0947. The van der Waals surface area contributed by atoms with E-state index in [9.17, 15) is 0 Å². The number of aromatic nitrogens is 1. The van der Waals surface area contributed by atoms with Gasteiger partial charge in [0.2, 0.25) is 0 Å². The number of rotatable bonds is 5. The molecule has 2 aromatic heterocycles. The highest BCUT2D eigenvalue weighted by Gasteiger charge is 2.43. The Hall–Kier alpha value is -1.43. The lowest BCUT2D eigenvalue weighted by Gasteiger charge is -2.19. The van der Waals surface area contributed by atoms with Crippen molar-refractivity contribution in [2.75, 3.05) is 31.6 Å². The highest BCUT2D eigenvalue weighted by atomic mass is 32.1. The van der Waals surface area contributed by atoms with Crippen molar-refractivity contribution < 1.29 is 4.74 Å². The number of ether oxygens (including phenoxy) is 1. The number of thiophene rings is 1. The summed E-state index contributed by atoms with van der Waals surface area (Å²) in [4.78, 5) is 8.31. The van der Waals surface area contributed by atoms with Gasteiger partial charge in [0, 0.05) is 49.1 Å². The Kier molecular flexibility index (Phi) is 4.10. The van der Waals surface area contributed by atoms with E-state index in [1.54, 1.807) is 0 Å². The molecule has 0 spiro atoms. The Labute approximate surface area is 135 Å². The number of hydrogen-bond acceptors (Lipinski definition) is 5. The maximum Gasteiger partial charge on any atom is 0.125 e. The zero-order valence-corrected chi connectivity index (χ0v) is 13.3. The van der Waals surface area contributed by atoms with Crippen molar-refractivity contribution in [1.29, 1.82) is 0 Å². The van der Waals surface area contributed by atoms with Gasteiger partial charge in [-0.2, -0.15) is 0 Å². The minimum Gasteiger partial charge on any atom is -0.376 e. The number of fused-ring (bicyclic) bond motifs is 1. The molecule has 0 bridgehead atoms. The monoisotopic (exact) mass is 315 g/mol. The van der Waals surface area contributed by atoms with E-state index in [4.69, 9.17) is 4.74 Å². The largest absolute Gasteiger partial charge is 0.376 e. The predicted molar refractivity (Wildman–Crippen MR) is 89.0 cm³/mol. The number of nitrogens with one attached hydrogen (secondary N) is 1. The van der Waals surface area contributed by atoms with Crippen molar-refractivity contribution in [3.05, 3.63) is 46.8 Å². The molecule has 3 atom stereocenters. The Morgan fingerprint density at radius 3 is 3.09 bits per heavy atom. The van der Waals surface area contributed by atoms with Crippen LogP contribution in [0.5, 0.6) is 0 Å². The maximum atomic E-state index is 6.03. The molecule has 2 aliphatic rings. The van der Waals surface area contributed by atoms with Gasteiger partial charge in [-0.25, -0.2) is 4.98 Å². The summed E-state index contributed by atoms with van der Waals surface area (Å²) in [7, 11) is 0. The average Bonchev–Trinajstić information content (AvgIpc) is 3.25. The van der Waals surface area contributed by atoms with Gasteiger partial charge in [0.25, 0.3) is 0 Å². The van der Waals surface area contributed by atoms with Crippen LogP contribution in [0.2, 0.25) is 0 Å². The minimum atomic E-state index is 0.412. The molecule has 1 N–H and O–H groups in total. The SMILES string of the molecule is c1ccc(NC[C@H]2CO[C@@H]3CN(Cc4cccs4)C[C@H]23)nc1. The second-order valence-electron chi connectivity index (χ2n) is 6.17. The van der Waals surface area contributed by atoms with Gasteiger partial charge < -0.3 is 10.1 Å². The maximum absolute atomic E-state index is 6.03. The molecule has 0 radical (unpaired) electrons. The summed E-state index contributed by atoms with van der Waals surface area (Å²) in [5.41, 5.74) is 0. The fourth-order valence-corrected chi connectivity index (χ4v) is 4.29. The van der Waals surface area contributed by atoms with Gasteiger partial charge in [-0.15, -0.1) is 11.3 Å². The molecule has 4 rings (SSSR count). The number of hydrogen-bond donors (Lipinski definition) is 1. The van der Waals surface area contributed by atoms with Crippen LogP contribution in [0.3, 0.4) is 0 Å². The van der Waals surface area contributed by atoms with E-state index in [0.29, 0.717) is 17.9 Å². The number of nitrogens with zero attached hydrogens (tertiary/aromatic N) is 2. The average molecular weight is 315 g/mol. The molecule has 5 heteroatoms. The Balaban J connectivity index is 1.32. The summed E-state index contributed by atoms with van der Waals surface area (Å²) in [5.74, 6) is 2.19. The molecular formula is C17H21N3OS. The molecule has 0 aliphatic carbocycles. The normalized spacial score (nSPS) is 27.9. The van der Waals surface area contributed by atoms with Crippen molar-refractivity contribution in [3.8, 4) is 0 Å². The van der Waals surface area contributed by atoms with Gasteiger partial charge >= 0.3 is 0 Å². The minimum absolute atomic E-state index is 0.412. The predicted octanol–water partition coefficient (Wildman–Crippen LogP) is 2.70. The van der Waals surface area contributed by atoms with Crippen LogP contribution in [0.4, 0.5) is 5.82 Å². The molecule has 0 saturated carbocycles. The van der Waals surface area contributed by atoms with E-state index in [0.717, 1.165) is 38.6 Å². The first-order valence-electron chi connectivity index (χ1n) is 7.90. The van der Waals surface area contributed by atoms with Crippen LogP contribution in [0.15, 0.2) is 41.9 Å². The quantitative estimate of drug-likeness (QED) is 0.920. The van der Waals surface area contributed by atoms with Crippen LogP contribution in [-0.4, -0.2) is 42.2 Å². The van der Waals surface area contributed by atoms with Gasteiger partial charge in [-0.3, -0.25) is 4.90 Å². The first-order chi connectivity index (χ1) is 10.9. The van der Waals surface area contributed by atoms with E-state index in [-0.39, 0.29) is 0 Å². The molecule has 2 saturated heterocycles.